The fourth-order valence-corrected chi connectivity index (χ4v) is 2.40. The first-order chi connectivity index (χ1) is 8.89. The van der Waals surface area contributed by atoms with E-state index in [-0.39, 0.29) is 17.0 Å². The van der Waals surface area contributed by atoms with Crippen molar-refractivity contribution in [3.8, 4) is 0 Å². The van der Waals surface area contributed by atoms with Crippen LogP contribution in [0.2, 0.25) is 0 Å². The van der Waals surface area contributed by atoms with Crippen molar-refractivity contribution in [2.45, 2.75) is 23.9 Å². The summed E-state index contributed by atoms with van der Waals surface area (Å²) < 4.78 is 24.5. The molecular weight excluding hydrogens is 264 g/mol. The first kappa shape index (κ1) is 13.7. The molecule has 7 heteroatoms. The predicted octanol–water partition coefficient (Wildman–Crippen LogP) is 0.618. The van der Waals surface area contributed by atoms with Gasteiger partial charge in [-0.2, -0.15) is 5.10 Å². The lowest BCUT2D eigenvalue weighted by Crippen LogP contribution is -2.31. The third kappa shape index (κ3) is 2.99. The quantitative estimate of drug-likeness (QED) is 0.886. The molecule has 2 aromatic heterocycles. The minimum Gasteiger partial charge on any atom is -0.326 e. The van der Waals surface area contributed by atoms with Crippen molar-refractivity contribution in [2.24, 2.45) is 5.73 Å². The molecule has 0 bridgehead atoms. The SMILES string of the molecule is CC(N)C(c1ccccn1)n1cc(S(C)(=O)=O)cn1. The molecule has 2 unspecified atom stereocenters. The normalized spacial score (nSPS) is 15.1. The van der Waals surface area contributed by atoms with E-state index in [0.29, 0.717) is 0 Å². The molecule has 0 fully saturated rings. The Bertz CT molecular complexity index is 649. The van der Waals surface area contributed by atoms with Gasteiger partial charge in [-0.3, -0.25) is 9.67 Å². The lowest BCUT2D eigenvalue weighted by molar-refractivity contribution is 0.443. The van der Waals surface area contributed by atoms with Gasteiger partial charge in [0.05, 0.1) is 11.9 Å². The number of aromatic nitrogens is 3. The van der Waals surface area contributed by atoms with E-state index in [2.05, 4.69) is 10.1 Å². The van der Waals surface area contributed by atoms with E-state index >= 15 is 0 Å². The molecule has 2 atom stereocenters. The molecule has 0 spiro atoms. The second-order valence-electron chi connectivity index (χ2n) is 4.49. The molecule has 0 saturated heterocycles. The Kier molecular flexibility index (Phi) is 3.68. The van der Waals surface area contributed by atoms with Gasteiger partial charge in [-0.15, -0.1) is 0 Å². The van der Waals surface area contributed by atoms with Crippen LogP contribution in [0.4, 0.5) is 0 Å². The highest BCUT2D eigenvalue weighted by Gasteiger charge is 2.22. The van der Waals surface area contributed by atoms with Gasteiger partial charge >= 0.3 is 0 Å². The molecule has 0 saturated carbocycles. The van der Waals surface area contributed by atoms with Crippen LogP contribution in [-0.2, 0) is 9.84 Å². The molecule has 19 heavy (non-hydrogen) atoms. The summed E-state index contributed by atoms with van der Waals surface area (Å²) in [7, 11) is -3.27. The molecule has 2 N–H and O–H groups in total. The number of rotatable bonds is 4. The summed E-state index contributed by atoms with van der Waals surface area (Å²) in [5.74, 6) is 0. The molecule has 6 nitrogen and oxygen atoms in total. The maximum Gasteiger partial charge on any atom is 0.178 e. The Morgan fingerprint density at radius 2 is 2.11 bits per heavy atom. The van der Waals surface area contributed by atoms with Gasteiger partial charge in [0, 0.05) is 24.7 Å². The zero-order chi connectivity index (χ0) is 14.0. The standard InChI is InChI=1S/C12H16N4O2S/c1-9(13)12(11-5-3-4-6-14-11)16-8-10(7-15-16)19(2,17)18/h3-9,12H,13H2,1-2H3. The number of sulfone groups is 1. The summed E-state index contributed by atoms with van der Waals surface area (Å²) in [6.07, 6.45) is 5.63. The van der Waals surface area contributed by atoms with Crippen molar-refractivity contribution < 1.29 is 8.42 Å². The van der Waals surface area contributed by atoms with Gasteiger partial charge in [-0.25, -0.2) is 8.42 Å². The molecule has 0 aliphatic heterocycles. The minimum absolute atomic E-state index is 0.175. The van der Waals surface area contributed by atoms with Crippen LogP contribution < -0.4 is 5.73 Å². The third-order valence-electron chi connectivity index (χ3n) is 2.78. The van der Waals surface area contributed by atoms with Crippen LogP contribution in [0.25, 0.3) is 0 Å². The highest BCUT2D eigenvalue weighted by atomic mass is 32.2. The summed E-state index contributed by atoms with van der Waals surface area (Å²) in [4.78, 5) is 4.43. The van der Waals surface area contributed by atoms with E-state index in [1.54, 1.807) is 10.9 Å². The average Bonchev–Trinajstić information content (AvgIpc) is 2.79. The van der Waals surface area contributed by atoms with Crippen LogP contribution in [0, 0.1) is 0 Å². The zero-order valence-corrected chi connectivity index (χ0v) is 11.6. The van der Waals surface area contributed by atoms with Crippen LogP contribution in [0.3, 0.4) is 0 Å². The van der Waals surface area contributed by atoms with E-state index in [4.69, 9.17) is 5.73 Å². The van der Waals surface area contributed by atoms with Crippen LogP contribution >= 0.6 is 0 Å². The predicted molar refractivity (Wildman–Crippen MR) is 71.4 cm³/mol. The summed E-state index contributed by atoms with van der Waals surface area (Å²) in [5, 5.41) is 4.10. The Balaban J connectivity index is 2.44. The first-order valence-electron chi connectivity index (χ1n) is 5.80. The van der Waals surface area contributed by atoms with Crippen LogP contribution in [0.15, 0.2) is 41.7 Å². The number of nitrogens with two attached hydrogens (primary N) is 1. The minimum atomic E-state index is -3.27. The van der Waals surface area contributed by atoms with Crippen molar-refractivity contribution >= 4 is 9.84 Å². The number of nitrogens with zero attached hydrogens (tertiary/aromatic N) is 3. The Hall–Kier alpha value is -1.73. The van der Waals surface area contributed by atoms with Crippen LogP contribution in [0.1, 0.15) is 18.7 Å². The third-order valence-corrected chi connectivity index (χ3v) is 3.85. The fraction of sp³-hybridized carbons (Fsp3) is 0.333. The van der Waals surface area contributed by atoms with Gasteiger partial charge < -0.3 is 5.73 Å². The Morgan fingerprint density at radius 3 is 2.58 bits per heavy atom. The number of hydrogen-bond donors (Lipinski definition) is 1. The largest absolute Gasteiger partial charge is 0.326 e. The molecule has 0 aromatic carbocycles. The van der Waals surface area contributed by atoms with Gasteiger partial charge in [0.2, 0.25) is 0 Å². The highest BCUT2D eigenvalue weighted by Crippen LogP contribution is 2.20. The van der Waals surface area contributed by atoms with Gasteiger partial charge in [-0.05, 0) is 19.1 Å². The summed E-state index contributed by atoms with van der Waals surface area (Å²) in [5.41, 5.74) is 6.72. The van der Waals surface area contributed by atoms with Gasteiger partial charge in [-0.1, -0.05) is 6.07 Å². The molecule has 0 amide bonds. The van der Waals surface area contributed by atoms with Crippen molar-refractivity contribution in [1.29, 1.82) is 0 Å². The Morgan fingerprint density at radius 1 is 1.37 bits per heavy atom. The number of hydrogen-bond acceptors (Lipinski definition) is 5. The molecule has 2 aromatic rings. The second-order valence-corrected chi connectivity index (χ2v) is 6.50. The van der Waals surface area contributed by atoms with E-state index < -0.39 is 9.84 Å². The Labute approximate surface area is 112 Å². The molecule has 0 aliphatic rings. The molecule has 2 rings (SSSR count). The number of pyridine rings is 1. The topological polar surface area (TPSA) is 90.9 Å². The van der Waals surface area contributed by atoms with E-state index in [0.717, 1.165) is 11.9 Å². The van der Waals surface area contributed by atoms with Crippen molar-refractivity contribution in [3.05, 3.63) is 42.5 Å². The van der Waals surface area contributed by atoms with Gasteiger partial charge in [0.25, 0.3) is 0 Å². The maximum atomic E-state index is 11.5. The smallest absolute Gasteiger partial charge is 0.178 e. The summed E-state index contributed by atoms with van der Waals surface area (Å²) in [6.45, 7) is 1.83. The van der Waals surface area contributed by atoms with E-state index in [9.17, 15) is 8.42 Å². The zero-order valence-electron chi connectivity index (χ0n) is 10.8. The summed E-state index contributed by atoms with van der Waals surface area (Å²) in [6, 6.07) is 4.97. The first-order valence-corrected chi connectivity index (χ1v) is 7.69. The van der Waals surface area contributed by atoms with Crippen LogP contribution in [-0.4, -0.2) is 35.5 Å². The van der Waals surface area contributed by atoms with Crippen molar-refractivity contribution in [1.82, 2.24) is 14.8 Å². The van der Waals surface area contributed by atoms with E-state index in [1.165, 1.54) is 12.4 Å². The van der Waals surface area contributed by atoms with Crippen LogP contribution in [0.5, 0.6) is 0 Å². The monoisotopic (exact) mass is 280 g/mol. The molecule has 0 aliphatic carbocycles. The molecule has 2 heterocycles. The second kappa shape index (κ2) is 5.10. The molecular formula is C12H16N4O2S. The lowest BCUT2D eigenvalue weighted by Gasteiger charge is -2.20. The van der Waals surface area contributed by atoms with Gasteiger partial charge in [0.15, 0.2) is 9.84 Å². The molecule has 0 radical (unpaired) electrons. The maximum absolute atomic E-state index is 11.5. The van der Waals surface area contributed by atoms with Crippen molar-refractivity contribution in [3.63, 3.8) is 0 Å². The van der Waals surface area contributed by atoms with Gasteiger partial charge in [0.1, 0.15) is 10.9 Å². The summed E-state index contributed by atoms with van der Waals surface area (Å²) >= 11 is 0. The van der Waals surface area contributed by atoms with Crippen molar-refractivity contribution in [2.75, 3.05) is 6.26 Å². The lowest BCUT2D eigenvalue weighted by atomic mass is 10.1. The average molecular weight is 280 g/mol. The van der Waals surface area contributed by atoms with E-state index in [1.807, 2.05) is 25.1 Å². The fourth-order valence-electron chi connectivity index (χ4n) is 1.86. The molecule has 102 valence electrons. The highest BCUT2D eigenvalue weighted by molar-refractivity contribution is 7.90.